The van der Waals surface area contributed by atoms with Gasteiger partial charge in [0.2, 0.25) is 10.0 Å². The minimum atomic E-state index is -3.63. The number of nitrogens with one attached hydrogen (secondary N) is 1. The van der Waals surface area contributed by atoms with Gasteiger partial charge in [0.25, 0.3) is 5.91 Å². The fraction of sp³-hybridized carbons (Fsp3) is 0.214. The van der Waals surface area contributed by atoms with Crippen LogP contribution in [0.25, 0.3) is 0 Å². The molecule has 0 aliphatic heterocycles. The number of benzene rings is 1. The van der Waals surface area contributed by atoms with Crippen molar-refractivity contribution in [2.24, 2.45) is 0 Å². The molecule has 2 aromatic rings. The predicted molar refractivity (Wildman–Crippen MR) is 82.8 cm³/mol. The zero-order chi connectivity index (χ0) is 15.5. The Balaban J connectivity index is 2.20. The van der Waals surface area contributed by atoms with Crippen molar-refractivity contribution in [1.29, 1.82) is 0 Å². The van der Waals surface area contributed by atoms with E-state index in [9.17, 15) is 13.2 Å². The summed E-state index contributed by atoms with van der Waals surface area (Å²) in [6.45, 7) is 0.242. The second kappa shape index (κ2) is 6.38. The molecule has 2 rings (SSSR count). The number of amides is 1. The highest BCUT2D eigenvalue weighted by Crippen LogP contribution is 2.14. The zero-order valence-corrected chi connectivity index (χ0v) is 13.4. The number of sulfonamides is 1. The van der Waals surface area contributed by atoms with E-state index in [-0.39, 0.29) is 17.3 Å². The van der Waals surface area contributed by atoms with Crippen LogP contribution in [0, 0.1) is 0 Å². The molecule has 1 amide bonds. The Bertz CT molecular complexity index is 722. The average molecular weight is 324 g/mol. The van der Waals surface area contributed by atoms with E-state index in [0.717, 1.165) is 4.88 Å². The van der Waals surface area contributed by atoms with Gasteiger partial charge in [-0.05, 0) is 29.6 Å². The van der Waals surface area contributed by atoms with E-state index >= 15 is 0 Å². The van der Waals surface area contributed by atoms with E-state index < -0.39 is 10.0 Å². The van der Waals surface area contributed by atoms with Crippen LogP contribution >= 0.6 is 11.3 Å². The van der Waals surface area contributed by atoms with Crippen molar-refractivity contribution in [2.45, 2.75) is 11.4 Å². The number of rotatable bonds is 5. The fourth-order valence-electron chi connectivity index (χ4n) is 1.72. The van der Waals surface area contributed by atoms with Crippen LogP contribution in [0.1, 0.15) is 15.2 Å². The van der Waals surface area contributed by atoms with Crippen LogP contribution in [0.5, 0.6) is 0 Å². The minimum absolute atomic E-state index is 0.0896. The maximum absolute atomic E-state index is 12.2. The third-order valence-electron chi connectivity index (χ3n) is 2.81. The Morgan fingerprint density at radius 3 is 2.62 bits per heavy atom. The van der Waals surface area contributed by atoms with Crippen molar-refractivity contribution in [3.8, 4) is 0 Å². The molecule has 1 aromatic heterocycles. The smallest absolute Gasteiger partial charge is 0.253 e. The first-order valence-electron chi connectivity index (χ1n) is 6.24. The van der Waals surface area contributed by atoms with Crippen LogP contribution in [-0.2, 0) is 16.6 Å². The Hall–Kier alpha value is -1.70. The van der Waals surface area contributed by atoms with Crippen LogP contribution < -0.4 is 4.72 Å². The first-order chi connectivity index (χ1) is 9.90. The van der Waals surface area contributed by atoms with Gasteiger partial charge in [-0.25, -0.2) is 13.1 Å². The van der Waals surface area contributed by atoms with E-state index in [1.807, 2.05) is 17.5 Å². The molecule has 0 aliphatic carbocycles. The maximum atomic E-state index is 12.2. The number of hydrogen-bond acceptors (Lipinski definition) is 4. The summed E-state index contributed by atoms with van der Waals surface area (Å²) < 4.78 is 27.0. The molecule has 0 bridgehead atoms. The molecular weight excluding hydrogens is 308 g/mol. The molecule has 112 valence electrons. The average Bonchev–Trinajstić information content (AvgIpc) is 2.98. The summed E-state index contributed by atoms with van der Waals surface area (Å²) >= 11 is 1.48. The first-order valence-corrected chi connectivity index (χ1v) is 8.60. The van der Waals surface area contributed by atoms with Crippen molar-refractivity contribution < 1.29 is 13.2 Å². The van der Waals surface area contributed by atoms with E-state index in [0.29, 0.717) is 5.56 Å². The molecule has 0 saturated carbocycles. The summed E-state index contributed by atoms with van der Waals surface area (Å²) in [4.78, 5) is 14.3. The van der Waals surface area contributed by atoms with Gasteiger partial charge in [-0.15, -0.1) is 11.3 Å². The van der Waals surface area contributed by atoms with Crippen molar-refractivity contribution in [1.82, 2.24) is 9.62 Å². The highest BCUT2D eigenvalue weighted by atomic mass is 32.2. The quantitative estimate of drug-likeness (QED) is 0.914. The van der Waals surface area contributed by atoms with E-state index in [1.165, 1.54) is 28.4 Å². The van der Waals surface area contributed by atoms with Crippen LogP contribution in [0.15, 0.2) is 46.7 Å². The zero-order valence-electron chi connectivity index (χ0n) is 11.7. The van der Waals surface area contributed by atoms with Crippen LogP contribution in [0.3, 0.4) is 0 Å². The Labute approximate surface area is 128 Å². The predicted octanol–water partition coefficient (Wildman–Crippen LogP) is 1.93. The highest BCUT2D eigenvalue weighted by Gasteiger charge is 2.16. The van der Waals surface area contributed by atoms with Crippen LogP contribution in [0.4, 0.5) is 0 Å². The number of carbonyl (C=O) groups excluding carboxylic acids is 1. The fourth-order valence-corrected chi connectivity index (χ4v) is 3.51. The van der Waals surface area contributed by atoms with Gasteiger partial charge in [0.05, 0.1) is 4.90 Å². The number of thiophene rings is 1. The number of carbonyl (C=O) groups is 1. The third-order valence-corrected chi connectivity index (χ3v) is 5.09. The lowest BCUT2D eigenvalue weighted by molar-refractivity contribution is 0.0827. The molecule has 0 spiro atoms. The van der Waals surface area contributed by atoms with Gasteiger partial charge in [0.15, 0.2) is 0 Å². The molecular formula is C14H16N2O3S2. The van der Waals surface area contributed by atoms with Crippen molar-refractivity contribution in [2.75, 3.05) is 14.1 Å². The molecule has 1 aromatic carbocycles. The van der Waals surface area contributed by atoms with Gasteiger partial charge in [-0.1, -0.05) is 12.1 Å². The van der Waals surface area contributed by atoms with Crippen molar-refractivity contribution in [3.05, 3.63) is 52.2 Å². The van der Waals surface area contributed by atoms with Gasteiger partial charge in [-0.2, -0.15) is 0 Å². The number of hydrogen-bond donors (Lipinski definition) is 1. The third kappa shape index (κ3) is 3.90. The second-order valence-electron chi connectivity index (χ2n) is 4.63. The molecule has 0 fully saturated rings. The van der Waals surface area contributed by atoms with E-state index in [2.05, 4.69) is 4.72 Å². The summed E-state index contributed by atoms with van der Waals surface area (Å²) in [5.74, 6) is -0.231. The molecule has 7 heteroatoms. The first kappa shape index (κ1) is 15.7. The highest BCUT2D eigenvalue weighted by molar-refractivity contribution is 7.89. The lowest BCUT2D eigenvalue weighted by Crippen LogP contribution is -2.24. The van der Waals surface area contributed by atoms with Gasteiger partial charge in [0, 0.05) is 31.1 Å². The lowest BCUT2D eigenvalue weighted by atomic mass is 10.2. The maximum Gasteiger partial charge on any atom is 0.253 e. The molecule has 0 atom stereocenters. The van der Waals surface area contributed by atoms with Crippen LogP contribution in [-0.4, -0.2) is 33.3 Å². The van der Waals surface area contributed by atoms with Gasteiger partial charge >= 0.3 is 0 Å². The Kier molecular flexibility index (Phi) is 4.76. The van der Waals surface area contributed by atoms with Crippen molar-refractivity contribution >= 4 is 27.3 Å². The normalized spacial score (nSPS) is 11.3. The molecule has 1 heterocycles. The number of nitrogens with zero attached hydrogens (tertiary/aromatic N) is 1. The minimum Gasteiger partial charge on any atom is -0.345 e. The SMILES string of the molecule is CN(C)C(=O)c1cccc(S(=O)(=O)NCc2cccs2)c1. The molecule has 21 heavy (non-hydrogen) atoms. The second-order valence-corrected chi connectivity index (χ2v) is 7.43. The molecule has 5 nitrogen and oxygen atoms in total. The van der Waals surface area contributed by atoms with E-state index in [4.69, 9.17) is 0 Å². The van der Waals surface area contributed by atoms with Gasteiger partial charge in [-0.3, -0.25) is 4.79 Å². The van der Waals surface area contributed by atoms with Crippen LogP contribution in [0.2, 0.25) is 0 Å². The topological polar surface area (TPSA) is 66.5 Å². The molecule has 0 radical (unpaired) electrons. The lowest BCUT2D eigenvalue weighted by Gasteiger charge is -2.11. The molecule has 0 unspecified atom stereocenters. The monoisotopic (exact) mass is 324 g/mol. The van der Waals surface area contributed by atoms with Gasteiger partial charge in [0.1, 0.15) is 0 Å². The van der Waals surface area contributed by atoms with Crippen molar-refractivity contribution in [3.63, 3.8) is 0 Å². The largest absolute Gasteiger partial charge is 0.345 e. The summed E-state index contributed by atoms with van der Waals surface area (Å²) in [5.41, 5.74) is 0.346. The molecule has 0 saturated heterocycles. The Morgan fingerprint density at radius 1 is 1.24 bits per heavy atom. The standard InChI is InChI=1S/C14H16N2O3S2/c1-16(2)14(17)11-5-3-7-13(9-11)21(18,19)15-10-12-6-4-8-20-12/h3-9,15H,10H2,1-2H3. The Morgan fingerprint density at radius 2 is 2.00 bits per heavy atom. The summed E-state index contributed by atoms with van der Waals surface area (Å²) in [5, 5.41) is 1.89. The molecule has 1 N–H and O–H groups in total. The summed E-state index contributed by atoms with van der Waals surface area (Å²) in [6, 6.07) is 9.75. The summed E-state index contributed by atoms with van der Waals surface area (Å²) in [6.07, 6.45) is 0. The molecule has 0 aliphatic rings. The van der Waals surface area contributed by atoms with Gasteiger partial charge < -0.3 is 4.90 Å². The summed E-state index contributed by atoms with van der Waals surface area (Å²) in [7, 11) is -0.385. The van der Waals surface area contributed by atoms with E-state index in [1.54, 1.807) is 26.2 Å².